The topological polar surface area (TPSA) is 197 Å². The highest BCUT2D eigenvalue weighted by Gasteiger charge is 2.23. The monoisotopic (exact) mass is 449 g/mol. The predicted molar refractivity (Wildman–Crippen MR) is 116 cm³/mol. The number of unbranched alkanes of at least 4 members (excludes halogenated alkanes) is 2. The van der Waals surface area contributed by atoms with Gasteiger partial charge in [0, 0.05) is 20.0 Å². The minimum atomic E-state index is -1.53. The van der Waals surface area contributed by atoms with Gasteiger partial charge >= 0.3 is 5.97 Å². The smallest absolute Gasteiger partial charge is 0.320 e. The third-order valence-corrected chi connectivity index (χ3v) is 5.02. The fraction of sp³-hybridized carbons (Fsp3) is 0.800. The fourth-order valence-corrected chi connectivity index (χ4v) is 2.88. The molecule has 0 saturated carbocycles. The largest absolute Gasteiger partial charge is 0.480 e. The Labute approximate surface area is 183 Å². The summed E-state index contributed by atoms with van der Waals surface area (Å²) in [6.45, 7) is 4.57. The Morgan fingerprint density at radius 1 is 1.06 bits per heavy atom. The first-order chi connectivity index (χ1) is 14.5. The van der Waals surface area contributed by atoms with Crippen LogP contribution < -0.4 is 11.5 Å². The Morgan fingerprint density at radius 2 is 1.68 bits per heavy atom. The zero-order valence-electron chi connectivity index (χ0n) is 18.4. The molecule has 10 N–H and O–H groups in total. The normalized spacial score (nSPS) is 16.1. The Morgan fingerprint density at radius 3 is 2.23 bits per heavy atom. The SMILES string of the molecule is C=[N+](CCCCC(N)C(=O)O)C(=CN(C)CCCCC(N)C(O)O)CC(O)C(O)CO. The summed E-state index contributed by atoms with van der Waals surface area (Å²) in [4.78, 5) is 12.7. The van der Waals surface area contributed by atoms with Crippen molar-refractivity contribution in [3.8, 4) is 0 Å². The second-order valence-corrected chi connectivity index (χ2v) is 7.90. The van der Waals surface area contributed by atoms with Gasteiger partial charge in [-0.05, 0) is 32.1 Å². The van der Waals surface area contributed by atoms with Gasteiger partial charge in [0.2, 0.25) is 0 Å². The van der Waals surface area contributed by atoms with Crippen LogP contribution in [0.15, 0.2) is 11.9 Å². The summed E-state index contributed by atoms with van der Waals surface area (Å²) in [7, 11) is 1.84. The molecule has 0 aromatic rings. The van der Waals surface area contributed by atoms with Crippen molar-refractivity contribution in [1.82, 2.24) is 4.90 Å². The summed E-state index contributed by atoms with van der Waals surface area (Å²) in [6.07, 6.45) is 1.42. The molecule has 0 aromatic heterocycles. The number of carbonyl (C=O) groups is 1. The van der Waals surface area contributed by atoms with Gasteiger partial charge < -0.3 is 47.0 Å². The van der Waals surface area contributed by atoms with Crippen molar-refractivity contribution in [2.75, 3.05) is 26.7 Å². The van der Waals surface area contributed by atoms with Gasteiger partial charge in [0.1, 0.15) is 25.4 Å². The van der Waals surface area contributed by atoms with E-state index in [2.05, 4.69) is 6.72 Å². The molecule has 11 nitrogen and oxygen atoms in total. The molecule has 0 aliphatic rings. The Hall–Kier alpha value is -1.60. The minimum absolute atomic E-state index is 0.0752. The molecular weight excluding hydrogens is 408 g/mol. The average Bonchev–Trinajstić information content (AvgIpc) is 2.72. The number of carboxylic acid groups (broad SMARTS) is 1. The second kappa shape index (κ2) is 16.1. The van der Waals surface area contributed by atoms with Gasteiger partial charge in [0.05, 0.1) is 31.4 Å². The van der Waals surface area contributed by atoms with Gasteiger partial charge in [-0.25, -0.2) is 4.58 Å². The number of hydrogen-bond acceptors (Lipinski definition) is 9. The molecular formula is C20H41N4O7+. The maximum absolute atomic E-state index is 10.8. The highest BCUT2D eigenvalue weighted by Crippen LogP contribution is 2.13. The lowest BCUT2D eigenvalue weighted by Gasteiger charge is -2.19. The van der Waals surface area contributed by atoms with E-state index in [0.717, 1.165) is 6.42 Å². The van der Waals surface area contributed by atoms with E-state index in [9.17, 15) is 15.0 Å². The van der Waals surface area contributed by atoms with Crippen LogP contribution in [0.4, 0.5) is 0 Å². The molecule has 0 aromatic carbocycles. The number of carboxylic acids is 1. The number of aliphatic hydroxyl groups excluding tert-OH is 4. The van der Waals surface area contributed by atoms with Gasteiger partial charge in [-0.15, -0.1) is 0 Å². The van der Waals surface area contributed by atoms with Crippen LogP contribution in [0.3, 0.4) is 0 Å². The maximum atomic E-state index is 10.8. The van der Waals surface area contributed by atoms with E-state index in [0.29, 0.717) is 50.9 Å². The van der Waals surface area contributed by atoms with E-state index in [1.165, 1.54) is 0 Å². The van der Waals surface area contributed by atoms with E-state index in [1.807, 2.05) is 11.9 Å². The molecule has 31 heavy (non-hydrogen) atoms. The van der Waals surface area contributed by atoms with Crippen LogP contribution in [0, 0.1) is 0 Å². The first-order valence-electron chi connectivity index (χ1n) is 10.6. The Bertz CT molecular complexity index is 560. The zero-order valence-corrected chi connectivity index (χ0v) is 18.4. The Balaban J connectivity index is 4.82. The molecule has 11 heteroatoms. The van der Waals surface area contributed by atoms with Crippen molar-refractivity contribution < 1.29 is 40.0 Å². The van der Waals surface area contributed by atoms with Crippen LogP contribution in [-0.4, -0.2) is 110 Å². The molecule has 4 unspecified atom stereocenters. The molecule has 0 aliphatic carbocycles. The van der Waals surface area contributed by atoms with Crippen molar-refractivity contribution in [1.29, 1.82) is 0 Å². The van der Waals surface area contributed by atoms with Crippen molar-refractivity contribution in [3.63, 3.8) is 0 Å². The first kappa shape index (κ1) is 29.4. The lowest BCUT2D eigenvalue weighted by atomic mass is 10.1. The number of hydrogen-bond donors (Lipinski definition) is 8. The first-order valence-corrected chi connectivity index (χ1v) is 10.6. The van der Waals surface area contributed by atoms with Gasteiger partial charge in [-0.1, -0.05) is 0 Å². The lowest BCUT2D eigenvalue weighted by Crippen LogP contribution is -2.34. The van der Waals surface area contributed by atoms with E-state index in [1.54, 1.807) is 10.8 Å². The highest BCUT2D eigenvalue weighted by molar-refractivity contribution is 5.72. The third-order valence-electron chi connectivity index (χ3n) is 5.02. The molecule has 4 atom stereocenters. The third kappa shape index (κ3) is 13.4. The second-order valence-electron chi connectivity index (χ2n) is 7.90. The van der Waals surface area contributed by atoms with Crippen LogP contribution in [-0.2, 0) is 4.79 Å². The molecule has 0 bridgehead atoms. The van der Waals surface area contributed by atoms with Crippen molar-refractivity contribution >= 4 is 12.7 Å². The predicted octanol–water partition coefficient (Wildman–Crippen LogP) is -2.03. The summed E-state index contributed by atoms with van der Waals surface area (Å²) < 4.78 is 1.67. The minimum Gasteiger partial charge on any atom is -0.480 e. The Kier molecular flexibility index (Phi) is 15.3. The number of aliphatic hydroxyl groups is 5. The number of rotatable bonds is 18. The zero-order chi connectivity index (χ0) is 24.0. The molecule has 0 rings (SSSR count). The summed E-state index contributed by atoms with van der Waals surface area (Å²) in [5.74, 6) is -1.04. The highest BCUT2D eigenvalue weighted by atomic mass is 16.5. The van der Waals surface area contributed by atoms with Crippen LogP contribution in [0.25, 0.3) is 0 Å². The van der Waals surface area contributed by atoms with Crippen LogP contribution in [0.5, 0.6) is 0 Å². The van der Waals surface area contributed by atoms with Crippen LogP contribution in [0.1, 0.15) is 44.9 Å². The lowest BCUT2D eigenvalue weighted by molar-refractivity contribution is -0.473. The van der Waals surface area contributed by atoms with Gasteiger partial charge in [0.25, 0.3) is 0 Å². The molecule has 0 aliphatic heterocycles. The summed E-state index contributed by atoms with van der Waals surface area (Å²) >= 11 is 0. The summed E-state index contributed by atoms with van der Waals surface area (Å²) in [5.41, 5.74) is 11.7. The molecule has 0 spiro atoms. The molecule has 182 valence electrons. The van der Waals surface area contributed by atoms with E-state index >= 15 is 0 Å². The van der Waals surface area contributed by atoms with Crippen LogP contribution >= 0.6 is 0 Å². The van der Waals surface area contributed by atoms with Crippen molar-refractivity contribution in [2.24, 2.45) is 11.5 Å². The van der Waals surface area contributed by atoms with Gasteiger partial charge in [-0.3, -0.25) is 4.79 Å². The van der Waals surface area contributed by atoms with Crippen molar-refractivity contribution in [2.45, 2.75) is 75.5 Å². The quantitative estimate of drug-likeness (QED) is 0.0500. The number of nitrogens with zero attached hydrogens (tertiary/aromatic N) is 2. The van der Waals surface area contributed by atoms with Gasteiger partial charge in [-0.2, -0.15) is 0 Å². The molecule has 0 radical (unpaired) electrons. The van der Waals surface area contributed by atoms with E-state index in [4.69, 9.17) is 31.9 Å². The summed E-state index contributed by atoms with van der Waals surface area (Å²) in [6, 6.07) is -1.59. The van der Waals surface area contributed by atoms with E-state index < -0.39 is 43.2 Å². The standard InChI is InChI=1S/C20H40N4O7/c1-23(9-5-3-7-15(21)19(28)29)12-14(11-17(26)18(27)13-25)24(2)10-6-4-8-16(22)20(30)31/h12,15-19,25-29H,2-11,13,21-22H2,1H3/p+1. The molecule has 0 amide bonds. The number of nitrogens with two attached hydrogens (primary N) is 2. The summed E-state index contributed by atoms with van der Waals surface area (Å²) in [5, 5.41) is 55.7. The average molecular weight is 450 g/mol. The fourth-order valence-electron chi connectivity index (χ4n) is 2.88. The molecule has 0 fully saturated rings. The molecule has 0 saturated heterocycles. The van der Waals surface area contributed by atoms with E-state index in [-0.39, 0.29) is 6.42 Å². The maximum Gasteiger partial charge on any atom is 0.320 e. The van der Waals surface area contributed by atoms with Gasteiger partial charge in [0.15, 0.2) is 12.0 Å². The van der Waals surface area contributed by atoms with Crippen molar-refractivity contribution in [3.05, 3.63) is 11.9 Å². The molecule has 0 heterocycles. The number of aliphatic carboxylic acids is 1. The van der Waals surface area contributed by atoms with Crippen LogP contribution in [0.2, 0.25) is 0 Å².